The fourth-order valence-corrected chi connectivity index (χ4v) is 7.92. The smallest absolute Gasteiger partial charge is 0.270 e. The van der Waals surface area contributed by atoms with Crippen LogP contribution in [0, 0.1) is 5.92 Å². The molecule has 2 aliphatic carbocycles. The Kier molecular flexibility index (Phi) is 9.12. The van der Waals surface area contributed by atoms with E-state index in [1.54, 1.807) is 25.1 Å². The second-order valence-corrected chi connectivity index (χ2v) is 14.9. The number of pyridine rings is 1. The van der Waals surface area contributed by atoms with Gasteiger partial charge in [0.1, 0.15) is 29.5 Å². The summed E-state index contributed by atoms with van der Waals surface area (Å²) >= 11 is 7.20. The molecule has 3 N–H and O–H groups in total. The van der Waals surface area contributed by atoms with Gasteiger partial charge in [-0.2, -0.15) is 4.37 Å². The number of ether oxygens (including phenoxy) is 3. The minimum atomic E-state index is -3.88. The summed E-state index contributed by atoms with van der Waals surface area (Å²) in [5.74, 6) is -1.22. The molecule has 15 nitrogen and oxygen atoms in total. The van der Waals surface area contributed by atoms with Crippen LogP contribution in [0.15, 0.2) is 37.1 Å². The highest BCUT2D eigenvalue weighted by molar-refractivity contribution is 7.91. The molecule has 0 radical (unpaired) electrons. The zero-order valence-corrected chi connectivity index (χ0v) is 28.7. The first-order valence-electron chi connectivity index (χ1n) is 15.1. The topological polar surface area (TPSA) is 191 Å². The Hall–Kier alpha value is -4.22. The molecular weight excluding hydrogens is 686 g/mol. The lowest BCUT2D eigenvalue weighted by Gasteiger charge is -2.28. The van der Waals surface area contributed by atoms with Crippen molar-refractivity contribution in [3.63, 3.8) is 0 Å². The molecule has 2 saturated carbocycles. The molecule has 0 spiro atoms. The summed E-state index contributed by atoms with van der Waals surface area (Å²) in [5, 5.41) is 6.85. The Labute approximate surface area is 285 Å². The van der Waals surface area contributed by atoms with Crippen molar-refractivity contribution in [3.05, 3.63) is 42.1 Å². The summed E-state index contributed by atoms with van der Waals surface area (Å²) in [6.07, 6.45) is 3.43. The fraction of sp³-hybridized carbons (Fsp3) is 0.467. The van der Waals surface area contributed by atoms with E-state index in [4.69, 9.17) is 25.8 Å². The molecule has 3 fully saturated rings. The van der Waals surface area contributed by atoms with Crippen LogP contribution in [-0.2, 0) is 24.4 Å². The first-order valence-corrected chi connectivity index (χ1v) is 17.8. The normalized spacial score (nSPS) is 24.0. The summed E-state index contributed by atoms with van der Waals surface area (Å²) < 4.78 is 52.5. The monoisotopic (exact) mass is 719 g/mol. The number of aromatic nitrogens is 3. The standard InChI is InChI=1S/C30H34ClN7O8S2/c1-5-16-12-30(16,29(41)37-48(42,43)19-7-8-19)34-25(39)22-11-18(14-38(22)28(40)15(2)33-24-27(45-4)36-47-35-24)46-26-21-10-17(31)6-9-20(21)23(44-3)13-32-26/h5-6,9-10,13,15-16,18-19,22H,1,7-8,11-12,14H2,2-4H3,(H,33,35)(H,34,39)(H,37,41)/t15?,16-,18-,22+,30-/m1/s1. The lowest BCUT2D eigenvalue weighted by molar-refractivity contribution is -0.140. The number of amides is 3. The van der Waals surface area contributed by atoms with Gasteiger partial charge in [0.2, 0.25) is 33.5 Å². The summed E-state index contributed by atoms with van der Waals surface area (Å²) in [6.45, 7) is 5.35. The zero-order chi connectivity index (χ0) is 34.4. The molecule has 48 heavy (non-hydrogen) atoms. The summed E-state index contributed by atoms with van der Waals surface area (Å²) in [6, 6.07) is 3.21. The van der Waals surface area contributed by atoms with Crippen molar-refractivity contribution in [2.24, 2.45) is 5.92 Å². The minimum absolute atomic E-state index is 0.00863. The number of hydrogen-bond donors (Lipinski definition) is 3. The number of nitrogens with zero attached hydrogens (tertiary/aromatic N) is 4. The summed E-state index contributed by atoms with van der Waals surface area (Å²) in [5.41, 5.74) is -1.53. The second kappa shape index (κ2) is 13.0. The van der Waals surface area contributed by atoms with Gasteiger partial charge in [0.25, 0.3) is 11.8 Å². The third kappa shape index (κ3) is 6.45. The number of carbonyl (C=O) groups is 3. The van der Waals surface area contributed by atoms with Gasteiger partial charge in [-0.3, -0.25) is 19.1 Å². The third-order valence-electron chi connectivity index (χ3n) is 8.75. The molecule has 3 aromatic rings. The molecule has 3 aliphatic rings. The van der Waals surface area contributed by atoms with Crippen molar-refractivity contribution in [3.8, 4) is 17.5 Å². The molecule has 3 amide bonds. The lowest BCUT2D eigenvalue weighted by Crippen LogP contribution is -2.57. The van der Waals surface area contributed by atoms with Crippen LogP contribution in [0.3, 0.4) is 0 Å². The molecule has 1 saturated heterocycles. The molecule has 256 valence electrons. The number of halogens is 1. The van der Waals surface area contributed by atoms with E-state index in [2.05, 4.69) is 35.7 Å². The highest BCUT2D eigenvalue weighted by Crippen LogP contribution is 2.45. The van der Waals surface area contributed by atoms with Crippen LogP contribution < -0.4 is 29.6 Å². The highest BCUT2D eigenvalue weighted by Gasteiger charge is 2.62. The van der Waals surface area contributed by atoms with Gasteiger partial charge in [-0.05, 0) is 44.4 Å². The van der Waals surface area contributed by atoms with Crippen molar-refractivity contribution in [2.45, 2.75) is 61.6 Å². The third-order valence-corrected chi connectivity index (χ3v) is 11.3. The quantitative estimate of drug-likeness (QED) is 0.219. The van der Waals surface area contributed by atoms with E-state index in [1.807, 2.05) is 0 Å². The van der Waals surface area contributed by atoms with Crippen molar-refractivity contribution < 1.29 is 37.0 Å². The number of fused-ring (bicyclic) bond motifs is 1. The van der Waals surface area contributed by atoms with Gasteiger partial charge >= 0.3 is 0 Å². The fourth-order valence-electron chi connectivity index (χ4n) is 5.89. The van der Waals surface area contributed by atoms with Crippen molar-refractivity contribution >= 4 is 67.7 Å². The van der Waals surface area contributed by atoms with Crippen LogP contribution in [0.25, 0.3) is 10.8 Å². The number of benzene rings is 1. The Morgan fingerprint density at radius 3 is 2.60 bits per heavy atom. The van der Waals surface area contributed by atoms with E-state index in [9.17, 15) is 22.8 Å². The summed E-state index contributed by atoms with van der Waals surface area (Å²) in [4.78, 5) is 47.1. The number of nitrogens with one attached hydrogen (secondary N) is 3. The lowest BCUT2D eigenvalue weighted by atomic mass is 10.1. The van der Waals surface area contributed by atoms with E-state index in [-0.39, 0.29) is 37.0 Å². The van der Waals surface area contributed by atoms with Gasteiger partial charge in [0.15, 0.2) is 0 Å². The van der Waals surface area contributed by atoms with Gasteiger partial charge in [0.05, 0.1) is 43.9 Å². The van der Waals surface area contributed by atoms with E-state index < -0.39 is 62.6 Å². The van der Waals surface area contributed by atoms with Crippen molar-refractivity contribution in [2.75, 3.05) is 26.1 Å². The molecule has 1 aliphatic heterocycles. The average molecular weight is 720 g/mol. The second-order valence-electron chi connectivity index (χ2n) is 12.0. The van der Waals surface area contributed by atoms with Crippen LogP contribution in [0.5, 0.6) is 17.5 Å². The minimum Gasteiger partial charge on any atom is -0.494 e. The van der Waals surface area contributed by atoms with Crippen LogP contribution in [0.1, 0.15) is 32.6 Å². The Bertz CT molecular complexity index is 1890. The zero-order valence-electron chi connectivity index (χ0n) is 26.3. The number of sulfonamides is 1. The predicted molar refractivity (Wildman–Crippen MR) is 177 cm³/mol. The van der Waals surface area contributed by atoms with Crippen LogP contribution in [0.2, 0.25) is 5.02 Å². The number of carbonyl (C=O) groups excluding carboxylic acids is 3. The average Bonchev–Trinajstić information content (AvgIpc) is 3.96. The van der Waals surface area contributed by atoms with Gasteiger partial charge in [0, 0.05) is 28.1 Å². The van der Waals surface area contributed by atoms with E-state index in [0.29, 0.717) is 34.4 Å². The van der Waals surface area contributed by atoms with Gasteiger partial charge in [-0.1, -0.05) is 17.7 Å². The Morgan fingerprint density at radius 2 is 1.94 bits per heavy atom. The molecule has 6 rings (SSSR count). The van der Waals surface area contributed by atoms with E-state index in [1.165, 1.54) is 31.4 Å². The highest BCUT2D eigenvalue weighted by atomic mass is 35.5. The predicted octanol–water partition coefficient (Wildman–Crippen LogP) is 2.28. The molecule has 0 bridgehead atoms. The van der Waals surface area contributed by atoms with Gasteiger partial charge in [-0.15, -0.1) is 11.0 Å². The first-order chi connectivity index (χ1) is 22.9. The van der Waals surface area contributed by atoms with Crippen LogP contribution in [-0.4, -0.2) is 94.5 Å². The Balaban J connectivity index is 1.27. The van der Waals surface area contributed by atoms with E-state index >= 15 is 0 Å². The molecule has 18 heteroatoms. The molecule has 1 unspecified atom stereocenters. The summed E-state index contributed by atoms with van der Waals surface area (Å²) in [7, 11) is -0.926. The maximum atomic E-state index is 14.0. The van der Waals surface area contributed by atoms with Crippen molar-refractivity contribution in [1.82, 2.24) is 28.7 Å². The van der Waals surface area contributed by atoms with E-state index in [0.717, 1.165) is 11.7 Å². The SMILES string of the molecule is C=C[C@@H]1C[C@]1(NC(=O)[C@@H]1C[C@@H](Oc2ncc(OC)c3ccc(Cl)cc23)CN1C(=O)C(C)Nc1nsnc1OC)C(=O)NS(=O)(=O)C1CC1. The molecule has 3 heterocycles. The van der Waals surface area contributed by atoms with Gasteiger partial charge in [-0.25, -0.2) is 13.4 Å². The van der Waals surface area contributed by atoms with Crippen LogP contribution in [0.4, 0.5) is 5.82 Å². The largest absolute Gasteiger partial charge is 0.494 e. The molecule has 1 aromatic carbocycles. The number of anilines is 1. The number of methoxy groups -OCH3 is 2. The molecular formula is C30H34ClN7O8S2. The molecule has 2 aromatic heterocycles. The van der Waals surface area contributed by atoms with Gasteiger partial charge < -0.3 is 29.7 Å². The number of rotatable bonds is 13. The molecule has 5 atom stereocenters. The van der Waals surface area contributed by atoms with Crippen LogP contribution >= 0.6 is 23.3 Å². The maximum Gasteiger partial charge on any atom is 0.270 e. The van der Waals surface area contributed by atoms with Crippen molar-refractivity contribution in [1.29, 1.82) is 0 Å². The maximum absolute atomic E-state index is 14.0. The first kappa shape index (κ1) is 33.7. The number of likely N-dealkylation sites (tertiary alicyclic amines) is 1. The Morgan fingerprint density at radius 1 is 1.17 bits per heavy atom. The number of hydrogen-bond acceptors (Lipinski definition) is 13.